The fourth-order valence-electron chi connectivity index (χ4n) is 6.98. The Hall–Kier alpha value is -5.08. The van der Waals surface area contributed by atoms with Crippen LogP contribution in [0.25, 0.3) is 60.6 Å². The zero-order valence-electron chi connectivity index (χ0n) is 24.1. The zero-order chi connectivity index (χ0) is 28.4. The fraction of sp³-hybridized carbons (Fsp3) is 0.100. The van der Waals surface area contributed by atoms with Gasteiger partial charge in [0, 0.05) is 38.2 Å². The number of hydrogen-bond acceptors (Lipinski definition) is 1. The number of para-hydroxylation sites is 4. The third-order valence-electron chi connectivity index (χ3n) is 9.01. The minimum absolute atomic E-state index is 0.200. The molecule has 202 valence electrons. The van der Waals surface area contributed by atoms with Crippen molar-refractivity contribution in [2.24, 2.45) is 0 Å². The Balaban J connectivity index is 1.44. The number of rotatable bonds is 4. The van der Waals surface area contributed by atoms with Gasteiger partial charge in [0.25, 0.3) is 0 Å². The van der Waals surface area contributed by atoms with Crippen LogP contribution in [0.2, 0.25) is 0 Å². The van der Waals surface area contributed by atoms with Crippen molar-refractivity contribution < 1.29 is 4.42 Å². The van der Waals surface area contributed by atoms with E-state index in [0.29, 0.717) is 0 Å². The lowest BCUT2D eigenvalue weighted by molar-refractivity contribution is 0.640. The summed E-state index contributed by atoms with van der Waals surface area (Å²) in [6.07, 6.45) is 0. The second kappa shape index (κ2) is 9.22. The van der Waals surface area contributed by atoms with E-state index in [1.54, 1.807) is 0 Å². The summed E-state index contributed by atoms with van der Waals surface area (Å²) in [5.74, 6) is 0. The molecule has 8 rings (SSSR count). The Morgan fingerprint density at radius 3 is 2.12 bits per heavy atom. The molecule has 0 bridgehead atoms. The molecule has 6 aromatic carbocycles. The molecular formula is C40H31NO. The van der Waals surface area contributed by atoms with E-state index in [-0.39, 0.29) is 5.41 Å². The minimum Gasteiger partial charge on any atom is -0.455 e. The molecule has 0 aliphatic rings. The third kappa shape index (κ3) is 3.58. The van der Waals surface area contributed by atoms with Gasteiger partial charge < -0.3 is 8.98 Å². The van der Waals surface area contributed by atoms with Gasteiger partial charge in [-0.25, -0.2) is 0 Å². The standard InChI is InChI=1S/C40H31NO/c1-26-13-7-9-20-34(26)40(2,3)35-21-12-18-31-33-25-27(23-24-36(33)41(38(31)35)28-14-5-4-6-15-28)29-17-11-19-32-30-16-8-10-22-37(30)42-39(29)32/h4-25H,1-3H3. The number of furan rings is 1. The van der Waals surface area contributed by atoms with E-state index in [4.69, 9.17) is 4.42 Å². The first-order valence-electron chi connectivity index (χ1n) is 14.6. The number of hydrogen-bond donors (Lipinski definition) is 0. The molecule has 2 nitrogen and oxygen atoms in total. The van der Waals surface area contributed by atoms with Crippen molar-refractivity contribution in [2.75, 3.05) is 0 Å². The van der Waals surface area contributed by atoms with Crippen molar-refractivity contribution in [3.63, 3.8) is 0 Å². The maximum absolute atomic E-state index is 6.43. The highest BCUT2D eigenvalue weighted by Gasteiger charge is 2.29. The Morgan fingerprint density at radius 2 is 1.26 bits per heavy atom. The highest BCUT2D eigenvalue weighted by atomic mass is 16.3. The smallest absolute Gasteiger partial charge is 0.143 e. The number of aromatic nitrogens is 1. The highest BCUT2D eigenvalue weighted by Crippen LogP contribution is 2.43. The molecule has 0 fully saturated rings. The molecule has 0 N–H and O–H groups in total. The van der Waals surface area contributed by atoms with Gasteiger partial charge in [-0.05, 0) is 59.5 Å². The van der Waals surface area contributed by atoms with Gasteiger partial charge in [-0.2, -0.15) is 0 Å². The second-order valence-electron chi connectivity index (χ2n) is 11.8. The van der Waals surface area contributed by atoms with Crippen LogP contribution in [0.5, 0.6) is 0 Å². The second-order valence-corrected chi connectivity index (χ2v) is 11.8. The number of nitrogens with zero attached hydrogens (tertiary/aromatic N) is 1. The van der Waals surface area contributed by atoms with Gasteiger partial charge in [-0.3, -0.25) is 0 Å². The van der Waals surface area contributed by atoms with Crippen LogP contribution in [0.3, 0.4) is 0 Å². The highest BCUT2D eigenvalue weighted by molar-refractivity contribution is 6.14. The summed E-state index contributed by atoms with van der Waals surface area (Å²) in [6.45, 7) is 6.92. The number of benzene rings is 6. The first kappa shape index (κ1) is 24.7. The van der Waals surface area contributed by atoms with E-state index in [0.717, 1.165) is 38.8 Å². The maximum Gasteiger partial charge on any atom is 0.143 e. The molecule has 42 heavy (non-hydrogen) atoms. The van der Waals surface area contributed by atoms with Crippen molar-refractivity contribution in [1.29, 1.82) is 0 Å². The van der Waals surface area contributed by atoms with Crippen LogP contribution in [0.1, 0.15) is 30.5 Å². The van der Waals surface area contributed by atoms with E-state index < -0.39 is 0 Å². The van der Waals surface area contributed by atoms with Gasteiger partial charge in [0.1, 0.15) is 11.2 Å². The largest absolute Gasteiger partial charge is 0.455 e. The van der Waals surface area contributed by atoms with Gasteiger partial charge in [0.2, 0.25) is 0 Å². The summed E-state index contributed by atoms with van der Waals surface area (Å²) < 4.78 is 8.88. The molecule has 0 aliphatic carbocycles. The maximum atomic E-state index is 6.43. The van der Waals surface area contributed by atoms with Crippen molar-refractivity contribution in [2.45, 2.75) is 26.2 Å². The van der Waals surface area contributed by atoms with Gasteiger partial charge in [0.15, 0.2) is 0 Å². The molecule has 0 unspecified atom stereocenters. The lowest BCUT2D eigenvalue weighted by Gasteiger charge is -2.29. The third-order valence-corrected chi connectivity index (χ3v) is 9.01. The van der Waals surface area contributed by atoms with Gasteiger partial charge >= 0.3 is 0 Å². The molecule has 2 heterocycles. The molecule has 0 spiro atoms. The van der Waals surface area contributed by atoms with Crippen LogP contribution in [-0.2, 0) is 5.41 Å². The van der Waals surface area contributed by atoms with Crippen LogP contribution in [0.15, 0.2) is 138 Å². The number of aryl methyl sites for hydroxylation is 1. The van der Waals surface area contributed by atoms with Crippen LogP contribution < -0.4 is 0 Å². The molecule has 0 radical (unpaired) electrons. The molecular weight excluding hydrogens is 510 g/mol. The van der Waals surface area contributed by atoms with Crippen molar-refractivity contribution in [3.05, 3.63) is 150 Å². The van der Waals surface area contributed by atoms with Crippen LogP contribution in [0.4, 0.5) is 0 Å². The molecule has 2 heteroatoms. The Kier molecular flexibility index (Phi) is 5.42. The van der Waals surface area contributed by atoms with Crippen LogP contribution in [0, 0.1) is 6.92 Å². The molecule has 0 atom stereocenters. The monoisotopic (exact) mass is 541 g/mol. The quantitative estimate of drug-likeness (QED) is 0.217. The Bertz CT molecular complexity index is 2280. The summed E-state index contributed by atoms with van der Waals surface area (Å²) in [5, 5.41) is 4.80. The summed E-state index contributed by atoms with van der Waals surface area (Å²) in [7, 11) is 0. The van der Waals surface area contributed by atoms with E-state index in [1.165, 1.54) is 38.5 Å². The van der Waals surface area contributed by atoms with Gasteiger partial charge in [-0.1, -0.05) is 117 Å². The average Bonchev–Trinajstić information content (AvgIpc) is 3.57. The topological polar surface area (TPSA) is 18.1 Å². The number of fused-ring (bicyclic) bond motifs is 6. The molecule has 0 aliphatic heterocycles. The molecule has 8 aromatic rings. The first-order chi connectivity index (χ1) is 20.5. The molecule has 0 saturated heterocycles. The summed E-state index contributed by atoms with van der Waals surface area (Å²) in [6, 6.07) is 48.0. The van der Waals surface area contributed by atoms with E-state index >= 15 is 0 Å². The van der Waals surface area contributed by atoms with Crippen molar-refractivity contribution in [1.82, 2.24) is 4.57 Å². The molecule has 2 aromatic heterocycles. The Labute approximate surface area is 245 Å². The normalized spacial score (nSPS) is 12.2. The zero-order valence-corrected chi connectivity index (χ0v) is 24.1. The minimum atomic E-state index is -0.200. The summed E-state index contributed by atoms with van der Waals surface area (Å²) in [4.78, 5) is 0. The van der Waals surface area contributed by atoms with Gasteiger partial charge in [-0.15, -0.1) is 0 Å². The summed E-state index contributed by atoms with van der Waals surface area (Å²) >= 11 is 0. The van der Waals surface area contributed by atoms with Crippen LogP contribution in [-0.4, -0.2) is 4.57 Å². The van der Waals surface area contributed by atoms with E-state index in [2.05, 4.69) is 147 Å². The SMILES string of the molecule is Cc1ccccc1C(C)(C)c1cccc2c3cc(-c4cccc5c4oc4ccccc45)ccc3n(-c3ccccc3)c12. The van der Waals surface area contributed by atoms with Gasteiger partial charge in [0.05, 0.1) is 11.0 Å². The molecule has 0 saturated carbocycles. The van der Waals surface area contributed by atoms with E-state index in [9.17, 15) is 0 Å². The first-order valence-corrected chi connectivity index (χ1v) is 14.6. The predicted octanol–water partition coefficient (Wildman–Crippen LogP) is 11.0. The fourth-order valence-corrected chi connectivity index (χ4v) is 6.98. The summed E-state index contributed by atoms with van der Waals surface area (Å²) in [5.41, 5.74) is 11.5. The lowest BCUT2D eigenvalue weighted by Crippen LogP contribution is -2.21. The lowest BCUT2D eigenvalue weighted by atomic mass is 9.75. The van der Waals surface area contributed by atoms with Crippen LogP contribution >= 0.6 is 0 Å². The predicted molar refractivity (Wildman–Crippen MR) is 177 cm³/mol. The van der Waals surface area contributed by atoms with Crippen molar-refractivity contribution in [3.8, 4) is 16.8 Å². The Morgan fingerprint density at radius 1 is 0.571 bits per heavy atom. The molecule has 0 amide bonds. The average molecular weight is 542 g/mol. The van der Waals surface area contributed by atoms with Crippen molar-refractivity contribution >= 4 is 43.7 Å². The van der Waals surface area contributed by atoms with E-state index in [1.807, 2.05) is 12.1 Å².